The number of fused-ring (bicyclic) bond motifs is 1. The molecule has 0 saturated carbocycles. The molecule has 0 amide bonds. The summed E-state index contributed by atoms with van der Waals surface area (Å²) in [4.78, 5) is 0. The van der Waals surface area contributed by atoms with E-state index in [9.17, 15) is 5.11 Å². The van der Waals surface area contributed by atoms with E-state index in [1.165, 1.54) is 0 Å². The summed E-state index contributed by atoms with van der Waals surface area (Å²) in [6, 6.07) is 5.40. The fourth-order valence-corrected chi connectivity index (χ4v) is 1.76. The van der Waals surface area contributed by atoms with Gasteiger partial charge >= 0.3 is 0 Å². The first-order valence-corrected chi connectivity index (χ1v) is 5.52. The fraction of sp³-hybridized carbons (Fsp3) is 0.182. The number of rotatable bonds is 2. The van der Waals surface area contributed by atoms with Crippen molar-refractivity contribution in [2.75, 3.05) is 7.11 Å². The topological polar surface area (TPSA) is 85.1 Å². The third kappa shape index (κ3) is 2.00. The molecule has 3 N–H and O–H groups in total. The van der Waals surface area contributed by atoms with Crippen molar-refractivity contribution in [1.82, 2.24) is 4.57 Å². The van der Waals surface area contributed by atoms with Crippen molar-refractivity contribution < 1.29 is 9.84 Å². The Labute approximate surface area is 109 Å². The third-order valence-corrected chi connectivity index (χ3v) is 2.68. The maximum Gasteiger partial charge on any atom is 0.220 e. The van der Waals surface area contributed by atoms with Crippen molar-refractivity contribution in [1.29, 1.82) is 0 Å². The molecule has 1 aromatic carbocycles. The summed E-state index contributed by atoms with van der Waals surface area (Å²) in [6.07, 6.45) is 0. The van der Waals surface area contributed by atoms with Crippen molar-refractivity contribution in [3.05, 3.63) is 18.2 Å². The van der Waals surface area contributed by atoms with Crippen molar-refractivity contribution in [3.63, 3.8) is 0 Å². The van der Waals surface area contributed by atoms with Crippen molar-refractivity contribution in [2.24, 2.45) is 23.0 Å². The number of ether oxygens (including phenoxy) is 1. The van der Waals surface area contributed by atoms with Crippen LogP contribution in [0.3, 0.4) is 0 Å². The zero-order valence-corrected chi connectivity index (χ0v) is 10.7. The molecule has 0 aliphatic rings. The highest BCUT2D eigenvalue weighted by Crippen LogP contribution is 2.39. The highest BCUT2D eigenvalue weighted by molar-refractivity contribution is 7.80. The third-order valence-electron chi connectivity index (χ3n) is 2.60. The molecule has 0 radical (unpaired) electrons. The van der Waals surface area contributed by atoms with Crippen LogP contribution in [0.1, 0.15) is 0 Å². The van der Waals surface area contributed by atoms with E-state index in [4.69, 9.17) is 10.5 Å². The van der Waals surface area contributed by atoms with E-state index >= 15 is 0 Å². The predicted molar refractivity (Wildman–Crippen MR) is 72.4 cm³/mol. The van der Waals surface area contributed by atoms with Crippen molar-refractivity contribution in [2.45, 2.75) is 0 Å². The van der Waals surface area contributed by atoms with Gasteiger partial charge in [-0.25, -0.2) is 0 Å². The molecule has 2 aromatic rings. The molecule has 0 aliphatic heterocycles. The number of aromatic hydroxyl groups is 1. The van der Waals surface area contributed by atoms with E-state index in [1.807, 2.05) is 6.07 Å². The molecule has 18 heavy (non-hydrogen) atoms. The summed E-state index contributed by atoms with van der Waals surface area (Å²) < 4.78 is 6.74. The summed E-state index contributed by atoms with van der Waals surface area (Å²) in [6.45, 7) is 0. The molecule has 2 rings (SSSR count). The number of hydrogen-bond donors (Lipinski definition) is 2. The zero-order chi connectivity index (χ0) is 13.3. The number of nitrogens with two attached hydrogens (primary N) is 1. The molecule has 1 aromatic heterocycles. The molecule has 6 nitrogen and oxygen atoms in total. The van der Waals surface area contributed by atoms with Gasteiger partial charge < -0.3 is 20.1 Å². The number of thiocarbonyl (C=S) groups is 1. The molecule has 94 valence electrons. The number of aryl methyl sites for hydroxylation is 1. The number of hydrogen-bond acceptors (Lipinski definition) is 4. The number of aromatic nitrogens is 1. The van der Waals surface area contributed by atoms with Gasteiger partial charge in [-0.15, -0.1) is 10.2 Å². The van der Waals surface area contributed by atoms with Crippen LogP contribution in [0.4, 0.5) is 5.69 Å². The second-order valence-electron chi connectivity index (χ2n) is 3.65. The van der Waals surface area contributed by atoms with E-state index in [2.05, 4.69) is 22.4 Å². The standard InChI is InChI=1S/C11H12N4O2S/c1-15-8-4-3-6(17-2)5-7(8)9(10(15)16)13-14-11(12)18/h3-5,16H,1-2H3,(H2,12,18). The van der Waals surface area contributed by atoms with Crippen molar-refractivity contribution >= 4 is 33.9 Å². The van der Waals surface area contributed by atoms with E-state index in [0.717, 1.165) is 5.52 Å². The SMILES string of the molecule is COc1ccc2c(c1)c(N=NC(N)=S)c(O)n2C. The zero-order valence-electron chi connectivity index (χ0n) is 9.91. The summed E-state index contributed by atoms with van der Waals surface area (Å²) in [5.74, 6) is 0.665. The van der Waals surface area contributed by atoms with Gasteiger partial charge in [0.15, 0.2) is 5.69 Å². The van der Waals surface area contributed by atoms with Crippen LogP contribution in [0, 0.1) is 0 Å². The van der Waals surface area contributed by atoms with Crippen LogP contribution in [0.15, 0.2) is 28.4 Å². The quantitative estimate of drug-likeness (QED) is 0.643. The molecule has 0 atom stereocenters. The lowest BCUT2D eigenvalue weighted by molar-refractivity contribution is 0.415. The molecular weight excluding hydrogens is 252 g/mol. The first-order valence-electron chi connectivity index (χ1n) is 5.11. The van der Waals surface area contributed by atoms with Gasteiger partial charge in [0.2, 0.25) is 11.0 Å². The fourth-order valence-electron chi connectivity index (χ4n) is 1.72. The minimum atomic E-state index is -0.0886. The van der Waals surface area contributed by atoms with Crippen LogP contribution in [0.5, 0.6) is 11.6 Å². The Kier molecular flexibility index (Phi) is 3.15. The minimum Gasteiger partial charge on any atom is -0.497 e. The summed E-state index contributed by atoms with van der Waals surface area (Å²) in [5, 5.41) is 18.1. The highest BCUT2D eigenvalue weighted by atomic mass is 32.1. The minimum absolute atomic E-state index is 0.00162. The summed E-state index contributed by atoms with van der Waals surface area (Å²) in [7, 11) is 3.30. The first kappa shape index (κ1) is 12.3. The smallest absolute Gasteiger partial charge is 0.220 e. The second-order valence-corrected chi connectivity index (χ2v) is 4.07. The van der Waals surface area contributed by atoms with Crippen LogP contribution < -0.4 is 10.5 Å². The highest BCUT2D eigenvalue weighted by Gasteiger charge is 2.14. The molecule has 0 spiro atoms. The molecule has 1 heterocycles. The molecule has 0 unspecified atom stereocenters. The van der Waals surface area contributed by atoms with Crippen LogP contribution >= 0.6 is 12.2 Å². The molecular formula is C11H12N4O2S. The Morgan fingerprint density at radius 1 is 1.50 bits per heavy atom. The predicted octanol–water partition coefficient (Wildman–Crippen LogP) is 2.22. The van der Waals surface area contributed by atoms with Gasteiger partial charge in [-0.1, -0.05) is 0 Å². The van der Waals surface area contributed by atoms with Crippen LogP contribution in [0.25, 0.3) is 10.9 Å². The number of nitrogens with zero attached hydrogens (tertiary/aromatic N) is 3. The molecule has 0 aliphatic carbocycles. The monoisotopic (exact) mass is 264 g/mol. The number of methoxy groups -OCH3 is 1. The Morgan fingerprint density at radius 2 is 2.22 bits per heavy atom. The van der Waals surface area contributed by atoms with Gasteiger partial charge in [-0.05, 0) is 30.4 Å². The summed E-state index contributed by atoms with van der Waals surface area (Å²) >= 11 is 4.62. The van der Waals surface area contributed by atoms with Gasteiger partial charge in [-0.3, -0.25) is 0 Å². The number of benzene rings is 1. The van der Waals surface area contributed by atoms with Gasteiger partial charge in [0.1, 0.15) is 5.75 Å². The van der Waals surface area contributed by atoms with E-state index in [0.29, 0.717) is 16.8 Å². The lowest BCUT2D eigenvalue weighted by Gasteiger charge is -2.00. The maximum atomic E-state index is 9.98. The Morgan fingerprint density at radius 3 is 2.83 bits per heavy atom. The van der Waals surface area contributed by atoms with Crippen molar-refractivity contribution in [3.8, 4) is 11.6 Å². The van der Waals surface area contributed by atoms with Gasteiger partial charge in [0, 0.05) is 12.4 Å². The van der Waals surface area contributed by atoms with Crippen LogP contribution in [0.2, 0.25) is 0 Å². The average Bonchev–Trinajstić information content (AvgIpc) is 2.59. The first-order chi connectivity index (χ1) is 8.54. The largest absolute Gasteiger partial charge is 0.497 e. The Balaban J connectivity index is 2.70. The Hall–Kier alpha value is -2.15. The van der Waals surface area contributed by atoms with Crippen LogP contribution in [-0.2, 0) is 7.05 Å². The van der Waals surface area contributed by atoms with Gasteiger partial charge in [0.25, 0.3) is 0 Å². The van der Waals surface area contributed by atoms with E-state index in [1.54, 1.807) is 30.9 Å². The molecule has 0 bridgehead atoms. The van der Waals surface area contributed by atoms with E-state index in [-0.39, 0.29) is 11.0 Å². The van der Waals surface area contributed by atoms with Gasteiger partial charge in [-0.2, -0.15) is 0 Å². The molecule has 0 fully saturated rings. The second kappa shape index (κ2) is 4.61. The lowest BCUT2D eigenvalue weighted by Crippen LogP contribution is -2.01. The van der Waals surface area contributed by atoms with Gasteiger partial charge in [0.05, 0.1) is 12.6 Å². The average molecular weight is 264 g/mol. The molecule has 0 saturated heterocycles. The lowest BCUT2D eigenvalue weighted by atomic mass is 10.2. The van der Waals surface area contributed by atoms with Crippen LogP contribution in [-0.4, -0.2) is 21.9 Å². The maximum absolute atomic E-state index is 9.98. The Bertz CT molecular complexity index is 648. The summed E-state index contributed by atoms with van der Waals surface area (Å²) in [5.41, 5.74) is 6.38. The van der Waals surface area contributed by atoms with E-state index < -0.39 is 0 Å². The molecule has 7 heteroatoms. The number of azo groups is 1. The normalized spacial score (nSPS) is 11.2.